The van der Waals surface area contributed by atoms with E-state index in [1.165, 1.54) is 12.1 Å². The van der Waals surface area contributed by atoms with Crippen LogP contribution in [0.15, 0.2) is 12.1 Å². The highest BCUT2D eigenvalue weighted by atomic mass is 35.5. The molecule has 1 atom stereocenters. The van der Waals surface area contributed by atoms with E-state index in [9.17, 15) is 9.59 Å². The van der Waals surface area contributed by atoms with Crippen molar-refractivity contribution in [2.75, 3.05) is 11.9 Å². The molecule has 1 rings (SSSR count). The molecular formula is C10H9Cl3N2O4. The second kappa shape index (κ2) is 6.81. The number of amides is 2. The van der Waals surface area contributed by atoms with E-state index in [1.54, 1.807) is 0 Å². The number of carboxylic acids is 1. The number of hydrogen-bond acceptors (Lipinski definition) is 3. The molecule has 2 amide bonds. The third-order valence-corrected chi connectivity index (χ3v) is 3.08. The van der Waals surface area contributed by atoms with Crippen molar-refractivity contribution in [1.29, 1.82) is 0 Å². The molecule has 104 valence electrons. The Morgan fingerprint density at radius 2 is 1.74 bits per heavy atom. The lowest BCUT2D eigenvalue weighted by Crippen LogP contribution is -2.45. The predicted molar refractivity (Wildman–Crippen MR) is 72.1 cm³/mol. The van der Waals surface area contributed by atoms with Crippen LogP contribution in [0.5, 0.6) is 0 Å². The van der Waals surface area contributed by atoms with Crippen molar-refractivity contribution in [2.45, 2.75) is 6.04 Å². The van der Waals surface area contributed by atoms with Crippen LogP contribution in [0.1, 0.15) is 0 Å². The third-order valence-electron chi connectivity index (χ3n) is 2.04. The first kappa shape index (κ1) is 15.8. The van der Waals surface area contributed by atoms with Crippen molar-refractivity contribution in [1.82, 2.24) is 5.32 Å². The van der Waals surface area contributed by atoms with Crippen LogP contribution >= 0.6 is 34.8 Å². The Bertz CT molecular complexity index is 510. The van der Waals surface area contributed by atoms with Gasteiger partial charge in [0.1, 0.15) is 0 Å². The van der Waals surface area contributed by atoms with Crippen LogP contribution in [0.4, 0.5) is 10.5 Å². The Labute approximate surface area is 123 Å². The van der Waals surface area contributed by atoms with Crippen molar-refractivity contribution in [3.05, 3.63) is 27.2 Å². The molecule has 1 aromatic carbocycles. The molecule has 0 aliphatic heterocycles. The molecule has 1 aromatic rings. The Kier molecular flexibility index (Phi) is 5.68. The maximum atomic E-state index is 11.5. The zero-order chi connectivity index (χ0) is 14.6. The summed E-state index contributed by atoms with van der Waals surface area (Å²) in [5.41, 5.74) is 0.163. The lowest BCUT2D eigenvalue weighted by molar-refractivity contribution is -0.140. The lowest BCUT2D eigenvalue weighted by atomic mass is 10.3. The van der Waals surface area contributed by atoms with Gasteiger partial charge in [0.2, 0.25) is 0 Å². The first-order valence-corrected chi connectivity index (χ1v) is 6.04. The minimum atomic E-state index is -1.42. The number of aliphatic hydroxyl groups is 1. The average molecular weight is 328 g/mol. The van der Waals surface area contributed by atoms with Gasteiger partial charge >= 0.3 is 12.0 Å². The number of rotatable bonds is 4. The number of carbonyl (C=O) groups is 2. The summed E-state index contributed by atoms with van der Waals surface area (Å²) in [4.78, 5) is 22.1. The highest BCUT2D eigenvalue weighted by Crippen LogP contribution is 2.32. The number of benzene rings is 1. The normalized spacial score (nSPS) is 11.8. The first-order chi connectivity index (χ1) is 8.85. The average Bonchev–Trinajstić information content (AvgIpc) is 2.32. The van der Waals surface area contributed by atoms with Crippen LogP contribution in [-0.2, 0) is 4.79 Å². The maximum Gasteiger partial charge on any atom is 0.328 e. The zero-order valence-electron chi connectivity index (χ0n) is 9.28. The number of aliphatic hydroxyl groups excluding tert-OH is 1. The summed E-state index contributed by atoms with van der Waals surface area (Å²) in [7, 11) is 0. The van der Waals surface area contributed by atoms with E-state index in [0.717, 1.165) is 0 Å². The van der Waals surface area contributed by atoms with Crippen LogP contribution in [0.2, 0.25) is 15.1 Å². The monoisotopic (exact) mass is 326 g/mol. The molecule has 0 aliphatic rings. The summed E-state index contributed by atoms with van der Waals surface area (Å²) in [6.07, 6.45) is 0. The zero-order valence-corrected chi connectivity index (χ0v) is 11.6. The van der Waals surface area contributed by atoms with Crippen LogP contribution in [0, 0.1) is 0 Å². The Balaban J connectivity index is 2.77. The van der Waals surface area contributed by atoms with Gasteiger partial charge in [-0.15, -0.1) is 0 Å². The van der Waals surface area contributed by atoms with Crippen molar-refractivity contribution in [3.8, 4) is 0 Å². The number of anilines is 1. The number of aliphatic carboxylic acids is 1. The molecular weight excluding hydrogens is 318 g/mol. The van der Waals surface area contributed by atoms with Crippen LogP contribution in [-0.4, -0.2) is 34.9 Å². The van der Waals surface area contributed by atoms with Crippen molar-refractivity contribution in [2.24, 2.45) is 0 Å². The predicted octanol–water partition coefficient (Wildman–Crippen LogP) is 2.21. The Hall–Kier alpha value is -1.21. The minimum Gasteiger partial charge on any atom is -0.480 e. The van der Waals surface area contributed by atoms with Crippen molar-refractivity contribution < 1.29 is 19.8 Å². The molecule has 19 heavy (non-hydrogen) atoms. The van der Waals surface area contributed by atoms with Crippen molar-refractivity contribution in [3.63, 3.8) is 0 Å². The second-order valence-electron chi connectivity index (χ2n) is 3.42. The fourth-order valence-electron chi connectivity index (χ4n) is 1.12. The molecule has 0 aromatic heterocycles. The van der Waals surface area contributed by atoms with E-state index >= 15 is 0 Å². The van der Waals surface area contributed by atoms with Crippen LogP contribution < -0.4 is 10.6 Å². The Morgan fingerprint density at radius 1 is 1.16 bits per heavy atom. The molecule has 0 radical (unpaired) electrons. The summed E-state index contributed by atoms with van der Waals surface area (Å²) >= 11 is 17.3. The molecule has 0 saturated carbocycles. The fraction of sp³-hybridized carbons (Fsp3) is 0.200. The molecule has 1 unspecified atom stereocenters. The summed E-state index contributed by atoms with van der Waals surface area (Å²) < 4.78 is 0. The van der Waals surface area contributed by atoms with Gasteiger partial charge in [0.25, 0.3) is 0 Å². The van der Waals surface area contributed by atoms with E-state index in [2.05, 4.69) is 5.32 Å². The number of carboxylic acid groups (broad SMARTS) is 1. The minimum absolute atomic E-state index is 0.139. The van der Waals surface area contributed by atoms with Gasteiger partial charge in [-0.25, -0.2) is 9.59 Å². The lowest BCUT2D eigenvalue weighted by Gasteiger charge is -2.13. The van der Waals surface area contributed by atoms with Gasteiger partial charge in [0, 0.05) is 0 Å². The van der Waals surface area contributed by atoms with Gasteiger partial charge in [-0.2, -0.15) is 0 Å². The molecule has 6 nitrogen and oxygen atoms in total. The number of hydrogen-bond donors (Lipinski definition) is 4. The quantitative estimate of drug-likeness (QED) is 0.637. The molecule has 9 heteroatoms. The van der Waals surface area contributed by atoms with Gasteiger partial charge in [-0.1, -0.05) is 34.8 Å². The second-order valence-corrected chi connectivity index (χ2v) is 4.64. The topological polar surface area (TPSA) is 98.7 Å². The maximum absolute atomic E-state index is 11.5. The SMILES string of the molecule is O=C(Nc1cc(Cl)c(Cl)cc1Cl)NC(CO)C(=O)O. The largest absolute Gasteiger partial charge is 0.480 e. The number of urea groups is 1. The van der Waals surface area contributed by atoms with Crippen LogP contribution in [0.25, 0.3) is 0 Å². The van der Waals surface area contributed by atoms with E-state index in [0.29, 0.717) is 0 Å². The van der Waals surface area contributed by atoms with Gasteiger partial charge in [-0.05, 0) is 12.1 Å². The van der Waals surface area contributed by atoms with E-state index in [4.69, 9.17) is 45.0 Å². The smallest absolute Gasteiger partial charge is 0.328 e. The molecule has 0 fully saturated rings. The fourth-order valence-corrected chi connectivity index (χ4v) is 1.71. The molecule has 4 N–H and O–H groups in total. The number of halogens is 3. The number of carbonyl (C=O) groups excluding carboxylic acids is 1. The molecule has 0 heterocycles. The highest BCUT2D eigenvalue weighted by molar-refractivity contribution is 6.44. The van der Waals surface area contributed by atoms with E-state index in [1.807, 2.05) is 5.32 Å². The molecule has 0 saturated heterocycles. The van der Waals surface area contributed by atoms with E-state index < -0.39 is 24.6 Å². The number of nitrogens with one attached hydrogen (secondary N) is 2. The molecule has 0 bridgehead atoms. The molecule has 0 aliphatic carbocycles. The van der Waals surface area contributed by atoms with Crippen LogP contribution in [0.3, 0.4) is 0 Å². The van der Waals surface area contributed by atoms with Crippen molar-refractivity contribution >= 4 is 52.5 Å². The van der Waals surface area contributed by atoms with Gasteiger partial charge in [-0.3, -0.25) is 0 Å². The Morgan fingerprint density at radius 3 is 2.26 bits per heavy atom. The summed E-state index contributed by atoms with van der Waals surface area (Å²) in [6.45, 7) is -0.738. The van der Waals surface area contributed by atoms with Gasteiger partial charge in [0.15, 0.2) is 6.04 Å². The summed E-state index contributed by atoms with van der Waals surface area (Å²) in [5.74, 6) is -1.36. The van der Waals surface area contributed by atoms with Gasteiger partial charge in [0.05, 0.1) is 27.4 Å². The third kappa shape index (κ3) is 4.43. The first-order valence-electron chi connectivity index (χ1n) is 4.91. The summed E-state index contributed by atoms with van der Waals surface area (Å²) in [6, 6.07) is 0.394. The van der Waals surface area contributed by atoms with E-state index in [-0.39, 0.29) is 20.8 Å². The standard InChI is InChI=1S/C10H9Cl3N2O4/c11-4-1-6(13)7(2-5(4)12)14-10(19)15-8(3-16)9(17)18/h1-2,8,16H,3H2,(H,17,18)(H2,14,15,19). The van der Waals surface area contributed by atoms with Gasteiger partial charge < -0.3 is 20.8 Å². The molecule has 0 spiro atoms. The highest BCUT2D eigenvalue weighted by Gasteiger charge is 2.19. The summed E-state index contributed by atoms with van der Waals surface area (Å²) in [5, 5.41) is 22.3.